The summed E-state index contributed by atoms with van der Waals surface area (Å²) in [5.41, 5.74) is 4.96. The monoisotopic (exact) mass is 318 g/mol. The van der Waals surface area contributed by atoms with Gasteiger partial charge in [-0.15, -0.1) is 0 Å². The quantitative estimate of drug-likeness (QED) is 0.922. The van der Waals surface area contributed by atoms with Gasteiger partial charge in [0.2, 0.25) is 0 Å². The smallest absolute Gasteiger partial charge is 0.0451 e. The van der Waals surface area contributed by atoms with Crippen LogP contribution >= 0.6 is 15.9 Å². The van der Waals surface area contributed by atoms with E-state index in [2.05, 4.69) is 64.3 Å². The fourth-order valence-electron chi connectivity index (χ4n) is 2.20. The van der Waals surface area contributed by atoms with Crippen molar-refractivity contribution in [3.05, 3.63) is 63.4 Å². The summed E-state index contributed by atoms with van der Waals surface area (Å²) in [6, 6.07) is 10.9. The van der Waals surface area contributed by atoms with E-state index in [-0.39, 0.29) is 0 Å². The van der Waals surface area contributed by atoms with E-state index >= 15 is 0 Å². The minimum Gasteiger partial charge on any atom is -0.313 e. The number of benzene rings is 1. The van der Waals surface area contributed by atoms with Gasteiger partial charge in [-0.05, 0) is 49.7 Å². The second-order valence-corrected chi connectivity index (χ2v) is 5.68. The van der Waals surface area contributed by atoms with Crippen molar-refractivity contribution in [3.63, 3.8) is 0 Å². The third kappa shape index (κ3) is 3.43. The van der Waals surface area contributed by atoms with Crippen molar-refractivity contribution in [3.8, 4) is 0 Å². The van der Waals surface area contributed by atoms with Crippen LogP contribution in [0.4, 0.5) is 0 Å². The molecule has 0 aliphatic heterocycles. The van der Waals surface area contributed by atoms with Crippen LogP contribution in [-0.4, -0.2) is 12.0 Å². The van der Waals surface area contributed by atoms with Crippen LogP contribution in [0.2, 0.25) is 0 Å². The molecule has 2 rings (SSSR count). The molecular formula is C16H19BrN2. The van der Waals surface area contributed by atoms with Crippen LogP contribution in [0.15, 0.2) is 41.0 Å². The maximum Gasteiger partial charge on any atom is 0.0451 e. The van der Waals surface area contributed by atoms with Crippen LogP contribution < -0.4 is 5.32 Å². The molecule has 0 radical (unpaired) electrons. The molecule has 1 N–H and O–H groups in total. The molecule has 0 spiro atoms. The maximum atomic E-state index is 4.48. The minimum absolute atomic E-state index is 0.292. The topological polar surface area (TPSA) is 24.9 Å². The lowest BCUT2D eigenvalue weighted by atomic mass is 9.98. The average Bonchev–Trinajstić information content (AvgIpc) is 2.41. The fraction of sp³-hybridized carbons (Fsp3) is 0.312. The lowest BCUT2D eigenvalue weighted by Crippen LogP contribution is -2.20. The second kappa shape index (κ2) is 6.31. The Morgan fingerprint density at radius 3 is 2.63 bits per heavy atom. The van der Waals surface area contributed by atoms with Gasteiger partial charge in [-0.1, -0.05) is 34.1 Å². The Bertz CT molecular complexity index is 566. The first-order chi connectivity index (χ1) is 9.11. The molecule has 0 saturated heterocycles. The first kappa shape index (κ1) is 14.2. The van der Waals surface area contributed by atoms with Crippen molar-refractivity contribution in [2.75, 3.05) is 7.05 Å². The van der Waals surface area contributed by atoms with E-state index in [9.17, 15) is 0 Å². The third-order valence-corrected chi connectivity index (χ3v) is 4.34. The number of halogens is 1. The highest BCUT2D eigenvalue weighted by Gasteiger charge is 2.13. The van der Waals surface area contributed by atoms with Crippen molar-refractivity contribution < 1.29 is 0 Å². The molecule has 0 aliphatic carbocycles. The summed E-state index contributed by atoms with van der Waals surface area (Å²) < 4.78 is 1.15. The van der Waals surface area contributed by atoms with Crippen molar-refractivity contribution in [1.82, 2.24) is 10.3 Å². The van der Waals surface area contributed by atoms with E-state index in [4.69, 9.17) is 0 Å². The predicted molar refractivity (Wildman–Crippen MR) is 83.4 cm³/mol. The average molecular weight is 319 g/mol. The highest BCUT2D eigenvalue weighted by Crippen LogP contribution is 2.23. The summed E-state index contributed by atoms with van der Waals surface area (Å²) in [6.07, 6.45) is 2.77. The second-order valence-electron chi connectivity index (χ2n) is 4.82. The number of aromatic nitrogens is 1. The van der Waals surface area contributed by atoms with Crippen LogP contribution in [0.25, 0.3) is 0 Å². The summed E-state index contributed by atoms with van der Waals surface area (Å²) in [6.45, 7) is 4.23. The van der Waals surface area contributed by atoms with Crippen LogP contribution in [0, 0.1) is 13.8 Å². The summed E-state index contributed by atoms with van der Waals surface area (Å²) in [4.78, 5) is 4.48. The van der Waals surface area contributed by atoms with Crippen molar-refractivity contribution in [2.45, 2.75) is 26.3 Å². The molecule has 0 bridgehead atoms. The zero-order valence-electron chi connectivity index (χ0n) is 11.6. The Morgan fingerprint density at radius 1 is 1.21 bits per heavy atom. The highest BCUT2D eigenvalue weighted by atomic mass is 79.9. The molecule has 100 valence electrons. The first-order valence-electron chi connectivity index (χ1n) is 6.45. The molecule has 2 aromatic rings. The highest BCUT2D eigenvalue weighted by molar-refractivity contribution is 9.10. The molecule has 0 saturated carbocycles. The number of rotatable bonds is 4. The summed E-state index contributed by atoms with van der Waals surface area (Å²) >= 11 is 3.55. The molecule has 1 atom stereocenters. The molecule has 0 aliphatic rings. The lowest BCUT2D eigenvalue weighted by molar-refractivity contribution is 0.582. The number of nitrogens with zero attached hydrogens (tertiary/aromatic N) is 1. The molecule has 3 heteroatoms. The predicted octanol–water partition coefficient (Wildman–Crippen LogP) is 3.96. The molecule has 0 amide bonds. The SMILES string of the molecule is CNC(Cc1ncccc1C)c1ccc(Br)c(C)c1. The summed E-state index contributed by atoms with van der Waals surface area (Å²) in [7, 11) is 2.00. The Kier molecular flexibility index (Phi) is 4.72. The van der Waals surface area contributed by atoms with Crippen molar-refractivity contribution in [1.29, 1.82) is 0 Å². The Hall–Kier alpha value is -1.19. The standard InChI is InChI=1S/C16H19BrN2/c1-11-5-4-8-19-15(11)10-16(18-3)13-6-7-14(17)12(2)9-13/h4-9,16,18H,10H2,1-3H3. The van der Waals surface area contributed by atoms with E-state index in [0.29, 0.717) is 6.04 Å². The molecule has 1 heterocycles. The third-order valence-electron chi connectivity index (χ3n) is 3.45. The molecular weight excluding hydrogens is 300 g/mol. The number of hydrogen-bond donors (Lipinski definition) is 1. The molecule has 2 nitrogen and oxygen atoms in total. The van der Waals surface area contributed by atoms with Crippen LogP contribution in [0.5, 0.6) is 0 Å². The van der Waals surface area contributed by atoms with Crippen LogP contribution in [0.3, 0.4) is 0 Å². The number of hydrogen-bond acceptors (Lipinski definition) is 2. The van der Waals surface area contributed by atoms with Crippen molar-refractivity contribution in [2.24, 2.45) is 0 Å². The number of nitrogens with one attached hydrogen (secondary N) is 1. The number of pyridine rings is 1. The van der Waals surface area contributed by atoms with Crippen LogP contribution in [0.1, 0.15) is 28.4 Å². The molecule has 1 aromatic carbocycles. The van der Waals surface area contributed by atoms with Gasteiger partial charge >= 0.3 is 0 Å². The van der Waals surface area contributed by atoms with Gasteiger partial charge in [0, 0.05) is 28.8 Å². The van der Waals surface area contributed by atoms with Gasteiger partial charge in [-0.25, -0.2) is 0 Å². The Labute approximate surface area is 123 Å². The molecule has 1 aromatic heterocycles. The van der Waals surface area contributed by atoms with Gasteiger partial charge in [0.1, 0.15) is 0 Å². The van der Waals surface area contributed by atoms with Gasteiger partial charge in [0.25, 0.3) is 0 Å². The number of likely N-dealkylation sites (N-methyl/N-ethyl adjacent to an activating group) is 1. The van der Waals surface area contributed by atoms with Crippen LogP contribution in [-0.2, 0) is 6.42 Å². The maximum absolute atomic E-state index is 4.48. The lowest BCUT2D eigenvalue weighted by Gasteiger charge is -2.18. The van der Waals surface area contributed by atoms with E-state index in [0.717, 1.165) is 16.6 Å². The first-order valence-corrected chi connectivity index (χ1v) is 7.25. The Balaban J connectivity index is 2.25. The van der Waals surface area contributed by atoms with E-state index < -0.39 is 0 Å². The summed E-state index contributed by atoms with van der Waals surface area (Å²) in [5, 5.41) is 3.39. The van der Waals surface area contributed by atoms with Gasteiger partial charge in [0.15, 0.2) is 0 Å². The van der Waals surface area contributed by atoms with E-state index in [1.807, 2.05) is 19.3 Å². The van der Waals surface area contributed by atoms with Gasteiger partial charge in [-0.2, -0.15) is 0 Å². The molecule has 1 unspecified atom stereocenters. The zero-order chi connectivity index (χ0) is 13.8. The largest absolute Gasteiger partial charge is 0.313 e. The summed E-state index contributed by atoms with van der Waals surface area (Å²) in [5.74, 6) is 0. The molecule has 0 fully saturated rings. The minimum atomic E-state index is 0.292. The van der Waals surface area contributed by atoms with E-state index in [1.54, 1.807) is 0 Å². The van der Waals surface area contributed by atoms with Gasteiger partial charge in [-0.3, -0.25) is 4.98 Å². The van der Waals surface area contributed by atoms with E-state index in [1.165, 1.54) is 16.7 Å². The normalized spacial score (nSPS) is 12.4. The Morgan fingerprint density at radius 2 is 2.00 bits per heavy atom. The number of aryl methyl sites for hydroxylation is 2. The fourth-order valence-corrected chi connectivity index (χ4v) is 2.44. The zero-order valence-corrected chi connectivity index (χ0v) is 13.2. The van der Waals surface area contributed by atoms with Crippen molar-refractivity contribution >= 4 is 15.9 Å². The van der Waals surface area contributed by atoms with Gasteiger partial charge < -0.3 is 5.32 Å². The molecule has 19 heavy (non-hydrogen) atoms. The van der Waals surface area contributed by atoms with Gasteiger partial charge in [0.05, 0.1) is 0 Å².